The summed E-state index contributed by atoms with van der Waals surface area (Å²) in [4.78, 5) is 12.3. The van der Waals surface area contributed by atoms with E-state index in [2.05, 4.69) is 30.5 Å². The summed E-state index contributed by atoms with van der Waals surface area (Å²) in [6.45, 7) is 6.13. The molecular formula is C16H23ClN2O2. The van der Waals surface area contributed by atoms with Gasteiger partial charge in [0.2, 0.25) is 0 Å². The maximum absolute atomic E-state index is 12.3. The number of benzene rings is 1. The van der Waals surface area contributed by atoms with Crippen molar-refractivity contribution in [2.75, 3.05) is 13.1 Å². The van der Waals surface area contributed by atoms with Gasteiger partial charge in [-0.25, -0.2) is 0 Å². The maximum Gasteiger partial charge on any atom is 0.261 e. The van der Waals surface area contributed by atoms with Crippen molar-refractivity contribution in [2.24, 2.45) is 0 Å². The van der Waals surface area contributed by atoms with Crippen LogP contribution in [0.4, 0.5) is 0 Å². The molecule has 0 saturated carbocycles. The first kappa shape index (κ1) is 16.1. The van der Waals surface area contributed by atoms with E-state index in [1.165, 1.54) is 11.1 Å². The number of hydrogen-bond donors (Lipinski definition) is 2. The topological polar surface area (TPSA) is 50.4 Å². The van der Waals surface area contributed by atoms with Crippen LogP contribution in [0.3, 0.4) is 0 Å². The number of aryl methyl sites for hydroxylation is 2. The van der Waals surface area contributed by atoms with E-state index in [0.717, 1.165) is 37.2 Å². The van der Waals surface area contributed by atoms with Crippen molar-refractivity contribution in [1.82, 2.24) is 10.6 Å². The smallest absolute Gasteiger partial charge is 0.261 e. The summed E-state index contributed by atoms with van der Waals surface area (Å²) >= 11 is 0. The second-order valence-electron chi connectivity index (χ2n) is 5.89. The summed E-state index contributed by atoms with van der Waals surface area (Å²) in [6.07, 6.45) is 2.33. The molecule has 0 spiro atoms. The van der Waals surface area contributed by atoms with Crippen molar-refractivity contribution in [3.8, 4) is 5.75 Å². The lowest BCUT2D eigenvalue weighted by molar-refractivity contribution is -0.128. The highest BCUT2D eigenvalue weighted by Crippen LogP contribution is 2.31. The molecule has 2 aliphatic rings. The molecule has 116 valence electrons. The maximum atomic E-state index is 12.3. The Morgan fingerprint density at radius 1 is 1.24 bits per heavy atom. The lowest BCUT2D eigenvalue weighted by Gasteiger charge is -2.24. The molecule has 1 amide bonds. The monoisotopic (exact) mass is 310 g/mol. The Morgan fingerprint density at radius 3 is 2.62 bits per heavy atom. The second kappa shape index (κ2) is 6.67. The molecule has 0 aromatic heterocycles. The predicted octanol–water partition coefficient (Wildman–Crippen LogP) is 1.90. The van der Waals surface area contributed by atoms with Crippen molar-refractivity contribution in [3.05, 3.63) is 28.8 Å². The van der Waals surface area contributed by atoms with Crippen LogP contribution in [0.25, 0.3) is 0 Å². The zero-order valence-electron chi connectivity index (χ0n) is 12.6. The van der Waals surface area contributed by atoms with E-state index in [4.69, 9.17) is 4.74 Å². The molecule has 1 fully saturated rings. The number of ether oxygens (including phenoxy) is 1. The largest absolute Gasteiger partial charge is 0.480 e. The number of piperidine rings is 1. The van der Waals surface area contributed by atoms with E-state index in [1.54, 1.807) is 0 Å². The molecule has 2 heterocycles. The zero-order valence-corrected chi connectivity index (χ0v) is 13.4. The number of hydrogen-bond acceptors (Lipinski definition) is 3. The Labute approximate surface area is 132 Å². The third kappa shape index (κ3) is 3.50. The molecule has 3 rings (SSSR count). The van der Waals surface area contributed by atoms with Gasteiger partial charge in [-0.3, -0.25) is 4.79 Å². The Balaban J connectivity index is 0.00000161. The highest BCUT2D eigenvalue weighted by molar-refractivity contribution is 5.85. The van der Waals surface area contributed by atoms with Crippen LogP contribution in [-0.4, -0.2) is 31.1 Å². The molecule has 1 atom stereocenters. The van der Waals surface area contributed by atoms with E-state index in [-0.39, 0.29) is 24.4 Å². The first-order valence-corrected chi connectivity index (χ1v) is 7.41. The Morgan fingerprint density at radius 2 is 1.90 bits per heavy atom. The third-order valence-electron chi connectivity index (χ3n) is 4.33. The molecule has 1 aromatic rings. The minimum Gasteiger partial charge on any atom is -0.480 e. The molecule has 1 saturated heterocycles. The van der Waals surface area contributed by atoms with Crippen LogP contribution >= 0.6 is 12.4 Å². The third-order valence-corrected chi connectivity index (χ3v) is 4.33. The molecule has 2 aliphatic heterocycles. The summed E-state index contributed by atoms with van der Waals surface area (Å²) in [5, 5.41) is 6.42. The molecule has 4 nitrogen and oxygen atoms in total. The van der Waals surface area contributed by atoms with Gasteiger partial charge in [0, 0.05) is 12.5 Å². The molecule has 0 bridgehead atoms. The van der Waals surface area contributed by atoms with Gasteiger partial charge in [-0.2, -0.15) is 0 Å². The number of carbonyl (C=O) groups is 1. The number of nitrogens with one attached hydrogen (secondary N) is 2. The average Bonchev–Trinajstić information content (AvgIpc) is 2.83. The van der Waals surface area contributed by atoms with Crippen LogP contribution in [0, 0.1) is 13.8 Å². The molecular weight excluding hydrogens is 288 g/mol. The quantitative estimate of drug-likeness (QED) is 0.877. The standard InChI is InChI=1S/C16H22N2O2.ClH/c1-10-7-12-9-15(20-14(12)8-11(10)2)16(19)18-13-3-5-17-6-4-13;/h7-8,13,15,17H,3-6,9H2,1-2H3,(H,18,19);1H. The van der Waals surface area contributed by atoms with E-state index in [9.17, 15) is 4.79 Å². The average molecular weight is 311 g/mol. The summed E-state index contributed by atoms with van der Waals surface area (Å²) in [5.74, 6) is 0.905. The van der Waals surface area contributed by atoms with Gasteiger partial charge in [0.1, 0.15) is 5.75 Å². The predicted molar refractivity (Wildman–Crippen MR) is 85.3 cm³/mol. The highest BCUT2D eigenvalue weighted by Gasteiger charge is 2.30. The van der Waals surface area contributed by atoms with Crippen LogP contribution in [-0.2, 0) is 11.2 Å². The van der Waals surface area contributed by atoms with E-state index < -0.39 is 0 Å². The molecule has 0 aliphatic carbocycles. The minimum atomic E-state index is -0.360. The van der Waals surface area contributed by atoms with Gasteiger partial charge in [-0.15, -0.1) is 12.4 Å². The van der Waals surface area contributed by atoms with Gasteiger partial charge in [-0.05, 0) is 62.5 Å². The van der Waals surface area contributed by atoms with Crippen LogP contribution < -0.4 is 15.4 Å². The molecule has 21 heavy (non-hydrogen) atoms. The SMILES string of the molecule is Cc1cc2c(cc1C)OC(C(=O)NC1CCNCC1)C2.Cl. The molecule has 1 aromatic carbocycles. The van der Waals surface area contributed by atoms with Crippen molar-refractivity contribution >= 4 is 18.3 Å². The van der Waals surface area contributed by atoms with Crippen molar-refractivity contribution in [2.45, 2.75) is 45.3 Å². The summed E-state index contributed by atoms with van der Waals surface area (Å²) in [5.41, 5.74) is 3.62. The number of halogens is 1. The zero-order chi connectivity index (χ0) is 14.1. The van der Waals surface area contributed by atoms with E-state index in [1.807, 2.05) is 6.07 Å². The van der Waals surface area contributed by atoms with Crippen LogP contribution in [0.5, 0.6) is 5.75 Å². The van der Waals surface area contributed by atoms with Crippen molar-refractivity contribution in [1.29, 1.82) is 0 Å². The number of carbonyl (C=O) groups excluding carboxylic acids is 1. The first-order valence-electron chi connectivity index (χ1n) is 7.41. The number of amides is 1. The summed E-state index contributed by atoms with van der Waals surface area (Å²) < 4.78 is 5.82. The van der Waals surface area contributed by atoms with Gasteiger partial charge in [0.15, 0.2) is 6.10 Å². The fourth-order valence-corrected chi connectivity index (χ4v) is 2.92. The van der Waals surface area contributed by atoms with Crippen molar-refractivity contribution in [3.63, 3.8) is 0 Å². The van der Waals surface area contributed by atoms with Gasteiger partial charge in [0.05, 0.1) is 0 Å². The van der Waals surface area contributed by atoms with E-state index in [0.29, 0.717) is 12.5 Å². The van der Waals surface area contributed by atoms with Gasteiger partial charge < -0.3 is 15.4 Å². The Bertz CT molecular complexity index is 496. The molecule has 0 radical (unpaired) electrons. The minimum absolute atomic E-state index is 0. The molecule has 5 heteroatoms. The van der Waals surface area contributed by atoms with Gasteiger partial charge >= 0.3 is 0 Å². The highest BCUT2D eigenvalue weighted by atomic mass is 35.5. The van der Waals surface area contributed by atoms with Gasteiger partial charge in [0.25, 0.3) is 5.91 Å². The Kier molecular flexibility index (Phi) is 5.12. The lowest BCUT2D eigenvalue weighted by Crippen LogP contribution is -2.47. The van der Waals surface area contributed by atoms with Crippen LogP contribution in [0.1, 0.15) is 29.5 Å². The molecule has 2 N–H and O–H groups in total. The summed E-state index contributed by atoms with van der Waals surface area (Å²) in [6, 6.07) is 4.48. The lowest BCUT2D eigenvalue weighted by atomic mass is 10.0. The van der Waals surface area contributed by atoms with Crippen LogP contribution in [0.2, 0.25) is 0 Å². The van der Waals surface area contributed by atoms with Crippen LogP contribution in [0.15, 0.2) is 12.1 Å². The number of rotatable bonds is 2. The Hall–Kier alpha value is -1.26. The summed E-state index contributed by atoms with van der Waals surface area (Å²) in [7, 11) is 0. The molecule has 1 unspecified atom stereocenters. The fourth-order valence-electron chi connectivity index (χ4n) is 2.92. The second-order valence-corrected chi connectivity index (χ2v) is 5.89. The fraction of sp³-hybridized carbons (Fsp3) is 0.562. The number of fused-ring (bicyclic) bond motifs is 1. The first-order chi connectivity index (χ1) is 9.63. The van der Waals surface area contributed by atoms with E-state index >= 15 is 0 Å². The normalized spacial score (nSPS) is 21.1. The van der Waals surface area contributed by atoms with Crippen molar-refractivity contribution < 1.29 is 9.53 Å². The van der Waals surface area contributed by atoms with Gasteiger partial charge in [-0.1, -0.05) is 6.07 Å².